The van der Waals surface area contributed by atoms with Gasteiger partial charge in [-0.05, 0) is 38.0 Å². The first-order valence-corrected chi connectivity index (χ1v) is 4.31. The quantitative estimate of drug-likeness (QED) is 0.549. The molecule has 1 aliphatic carbocycles. The van der Waals surface area contributed by atoms with Crippen LogP contribution in [-0.4, -0.2) is 5.54 Å². The molecule has 1 aliphatic rings. The van der Waals surface area contributed by atoms with Gasteiger partial charge < -0.3 is 5.73 Å². The average molecular weight is 141 g/mol. The first kappa shape index (κ1) is 8.06. The van der Waals surface area contributed by atoms with Crippen molar-refractivity contribution in [3.8, 4) is 0 Å². The first-order valence-electron chi connectivity index (χ1n) is 4.31. The summed E-state index contributed by atoms with van der Waals surface area (Å²) in [6, 6.07) is 0. The van der Waals surface area contributed by atoms with Crippen LogP contribution in [0, 0.1) is 11.8 Å². The normalized spacial score (nSPS) is 49.2. The maximum Gasteiger partial charge on any atom is 0.0151 e. The van der Waals surface area contributed by atoms with Gasteiger partial charge in [-0.3, -0.25) is 0 Å². The van der Waals surface area contributed by atoms with Crippen LogP contribution < -0.4 is 5.73 Å². The van der Waals surface area contributed by atoms with Gasteiger partial charge in [0.05, 0.1) is 0 Å². The SMILES string of the molecule is C[C@@H]1CC[C@@](C)(N)[C@@H](C)C1. The highest BCUT2D eigenvalue weighted by Crippen LogP contribution is 2.34. The Morgan fingerprint density at radius 2 is 2.00 bits per heavy atom. The predicted octanol–water partition coefficient (Wildman–Crippen LogP) is 2.16. The van der Waals surface area contributed by atoms with Crippen molar-refractivity contribution < 1.29 is 0 Å². The maximum absolute atomic E-state index is 6.08. The molecule has 1 fully saturated rings. The summed E-state index contributed by atoms with van der Waals surface area (Å²) in [6.45, 7) is 6.78. The molecule has 0 radical (unpaired) electrons. The summed E-state index contributed by atoms with van der Waals surface area (Å²) in [5.41, 5.74) is 6.20. The van der Waals surface area contributed by atoms with E-state index in [0.717, 1.165) is 5.92 Å². The summed E-state index contributed by atoms with van der Waals surface area (Å²) in [6.07, 6.45) is 3.83. The molecule has 0 bridgehead atoms. The third kappa shape index (κ3) is 1.51. The standard InChI is InChI=1S/C9H19N/c1-7-4-5-9(3,10)8(2)6-7/h7-8H,4-6,10H2,1-3H3/t7-,8+,9-/m1/s1. The zero-order chi connectivity index (χ0) is 7.78. The summed E-state index contributed by atoms with van der Waals surface area (Å²) in [7, 11) is 0. The molecular formula is C9H19N. The second-order valence-corrected chi connectivity index (χ2v) is 4.29. The van der Waals surface area contributed by atoms with E-state index in [2.05, 4.69) is 20.8 Å². The van der Waals surface area contributed by atoms with Gasteiger partial charge in [-0.25, -0.2) is 0 Å². The summed E-state index contributed by atoms with van der Waals surface area (Å²) in [5, 5.41) is 0. The van der Waals surface area contributed by atoms with Crippen LogP contribution in [0.4, 0.5) is 0 Å². The van der Waals surface area contributed by atoms with Crippen molar-refractivity contribution in [1.82, 2.24) is 0 Å². The van der Waals surface area contributed by atoms with Gasteiger partial charge in [0.1, 0.15) is 0 Å². The first-order chi connectivity index (χ1) is 4.52. The van der Waals surface area contributed by atoms with Crippen molar-refractivity contribution in [3.63, 3.8) is 0 Å². The largest absolute Gasteiger partial charge is 0.325 e. The topological polar surface area (TPSA) is 26.0 Å². The third-order valence-corrected chi connectivity index (χ3v) is 3.06. The highest BCUT2D eigenvalue weighted by atomic mass is 14.7. The molecule has 0 aromatic rings. The van der Waals surface area contributed by atoms with Gasteiger partial charge in [0.15, 0.2) is 0 Å². The lowest BCUT2D eigenvalue weighted by molar-refractivity contribution is 0.181. The molecule has 2 N–H and O–H groups in total. The number of nitrogens with two attached hydrogens (primary N) is 1. The number of hydrogen-bond acceptors (Lipinski definition) is 1. The molecule has 10 heavy (non-hydrogen) atoms. The average Bonchev–Trinajstić information content (AvgIpc) is 1.81. The van der Waals surface area contributed by atoms with E-state index in [1.54, 1.807) is 0 Å². The lowest BCUT2D eigenvalue weighted by atomic mass is 9.72. The van der Waals surface area contributed by atoms with Crippen molar-refractivity contribution in [2.45, 2.75) is 45.6 Å². The summed E-state index contributed by atoms with van der Waals surface area (Å²) in [5.74, 6) is 1.60. The number of rotatable bonds is 0. The van der Waals surface area contributed by atoms with Crippen molar-refractivity contribution in [2.75, 3.05) is 0 Å². The van der Waals surface area contributed by atoms with Crippen molar-refractivity contribution in [2.24, 2.45) is 17.6 Å². The zero-order valence-electron chi connectivity index (χ0n) is 7.35. The van der Waals surface area contributed by atoms with Crippen molar-refractivity contribution >= 4 is 0 Å². The Morgan fingerprint density at radius 3 is 2.40 bits per heavy atom. The van der Waals surface area contributed by atoms with Gasteiger partial charge in [-0.2, -0.15) is 0 Å². The molecule has 1 rings (SSSR count). The summed E-state index contributed by atoms with van der Waals surface area (Å²) < 4.78 is 0. The van der Waals surface area contributed by atoms with Crippen molar-refractivity contribution in [3.05, 3.63) is 0 Å². The van der Waals surface area contributed by atoms with E-state index >= 15 is 0 Å². The highest BCUT2D eigenvalue weighted by Gasteiger charge is 2.31. The zero-order valence-corrected chi connectivity index (χ0v) is 7.35. The Bertz CT molecular complexity index is 118. The van der Waals surface area contributed by atoms with Gasteiger partial charge in [-0.15, -0.1) is 0 Å². The van der Waals surface area contributed by atoms with Gasteiger partial charge in [-0.1, -0.05) is 13.8 Å². The molecule has 0 aromatic carbocycles. The highest BCUT2D eigenvalue weighted by molar-refractivity contribution is 4.89. The van der Waals surface area contributed by atoms with Crippen LogP contribution >= 0.6 is 0 Å². The van der Waals surface area contributed by atoms with Gasteiger partial charge in [0.2, 0.25) is 0 Å². The van der Waals surface area contributed by atoms with E-state index in [0.29, 0.717) is 5.92 Å². The molecule has 0 aromatic heterocycles. The molecule has 1 nitrogen and oxygen atoms in total. The minimum Gasteiger partial charge on any atom is -0.325 e. The van der Waals surface area contributed by atoms with E-state index in [-0.39, 0.29) is 5.54 Å². The minimum atomic E-state index is 0.118. The van der Waals surface area contributed by atoms with Crippen LogP contribution in [-0.2, 0) is 0 Å². The van der Waals surface area contributed by atoms with Crippen LogP contribution in [0.15, 0.2) is 0 Å². The van der Waals surface area contributed by atoms with E-state index in [9.17, 15) is 0 Å². The molecule has 1 heteroatoms. The molecular weight excluding hydrogens is 122 g/mol. The van der Waals surface area contributed by atoms with Crippen LogP contribution in [0.25, 0.3) is 0 Å². The Morgan fingerprint density at radius 1 is 1.40 bits per heavy atom. The fraction of sp³-hybridized carbons (Fsp3) is 1.00. The lowest BCUT2D eigenvalue weighted by Gasteiger charge is -2.39. The maximum atomic E-state index is 6.08. The van der Waals surface area contributed by atoms with Crippen molar-refractivity contribution in [1.29, 1.82) is 0 Å². The predicted molar refractivity (Wildman–Crippen MR) is 44.8 cm³/mol. The smallest absolute Gasteiger partial charge is 0.0151 e. The number of hydrogen-bond donors (Lipinski definition) is 1. The molecule has 1 saturated carbocycles. The van der Waals surface area contributed by atoms with Gasteiger partial charge in [0.25, 0.3) is 0 Å². The van der Waals surface area contributed by atoms with Crippen LogP contribution in [0.3, 0.4) is 0 Å². The Kier molecular flexibility index (Phi) is 2.04. The van der Waals surface area contributed by atoms with Crippen LogP contribution in [0.2, 0.25) is 0 Å². The molecule has 3 atom stereocenters. The third-order valence-electron chi connectivity index (χ3n) is 3.06. The molecule has 0 aliphatic heterocycles. The minimum absolute atomic E-state index is 0.118. The molecule has 60 valence electrons. The molecule has 0 unspecified atom stereocenters. The van der Waals surface area contributed by atoms with Gasteiger partial charge >= 0.3 is 0 Å². The molecule has 0 saturated heterocycles. The Hall–Kier alpha value is -0.0400. The second-order valence-electron chi connectivity index (χ2n) is 4.29. The Balaban J connectivity index is 2.52. The molecule has 0 spiro atoms. The van der Waals surface area contributed by atoms with E-state index < -0.39 is 0 Å². The molecule has 0 heterocycles. The molecule has 0 amide bonds. The van der Waals surface area contributed by atoms with Gasteiger partial charge in [0, 0.05) is 5.54 Å². The van der Waals surface area contributed by atoms with E-state index in [1.807, 2.05) is 0 Å². The lowest BCUT2D eigenvalue weighted by Crippen LogP contribution is -2.46. The van der Waals surface area contributed by atoms with Crippen LogP contribution in [0.1, 0.15) is 40.0 Å². The van der Waals surface area contributed by atoms with E-state index in [1.165, 1.54) is 19.3 Å². The van der Waals surface area contributed by atoms with Crippen LogP contribution in [0.5, 0.6) is 0 Å². The summed E-state index contributed by atoms with van der Waals surface area (Å²) >= 11 is 0. The van der Waals surface area contributed by atoms with E-state index in [4.69, 9.17) is 5.73 Å². The second kappa shape index (κ2) is 2.54. The Labute approximate surface area is 64.0 Å². The fourth-order valence-corrected chi connectivity index (χ4v) is 1.79. The summed E-state index contributed by atoms with van der Waals surface area (Å²) in [4.78, 5) is 0. The monoisotopic (exact) mass is 141 g/mol. The fourth-order valence-electron chi connectivity index (χ4n) is 1.79.